The minimum absolute atomic E-state index is 0.256. The molecule has 1 aliphatic carbocycles. The molecule has 19 heavy (non-hydrogen) atoms. The quantitative estimate of drug-likeness (QED) is 0.867. The van der Waals surface area contributed by atoms with Gasteiger partial charge in [-0.2, -0.15) is 0 Å². The first kappa shape index (κ1) is 12.3. The first-order chi connectivity index (χ1) is 9.08. The number of hydrogen-bond acceptors (Lipinski definition) is 1. The third-order valence-electron chi connectivity index (χ3n) is 3.93. The topological polar surface area (TPSA) is 26.0 Å². The monoisotopic (exact) mass is 259 g/mol. The zero-order valence-electron chi connectivity index (χ0n) is 10.5. The maximum Gasteiger partial charge on any atom is 0.128 e. The van der Waals surface area contributed by atoms with Crippen LogP contribution in [0.1, 0.15) is 24.8 Å². The maximum atomic E-state index is 13.9. The van der Waals surface area contributed by atoms with E-state index in [0.29, 0.717) is 5.56 Å². The zero-order valence-corrected chi connectivity index (χ0v) is 10.5. The molecular weight excluding hydrogens is 244 g/mol. The van der Waals surface area contributed by atoms with E-state index in [4.69, 9.17) is 5.73 Å². The van der Waals surface area contributed by atoms with E-state index in [9.17, 15) is 8.78 Å². The summed E-state index contributed by atoms with van der Waals surface area (Å²) < 4.78 is 26.8. The first-order valence-corrected chi connectivity index (χ1v) is 6.43. The zero-order chi connectivity index (χ0) is 13.5. The molecule has 1 saturated carbocycles. The Balaban J connectivity index is 2.04. The van der Waals surface area contributed by atoms with Gasteiger partial charge in [-0.25, -0.2) is 8.78 Å². The van der Waals surface area contributed by atoms with Crippen LogP contribution in [0, 0.1) is 11.6 Å². The van der Waals surface area contributed by atoms with E-state index in [0.717, 1.165) is 30.4 Å². The Kier molecular flexibility index (Phi) is 2.86. The van der Waals surface area contributed by atoms with Crippen LogP contribution in [0.5, 0.6) is 0 Å². The Bertz CT molecular complexity index is 601. The maximum absolute atomic E-state index is 13.9. The largest absolute Gasteiger partial charge is 0.321 e. The molecular formula is C16H15F2N. The van der Waals surface area contributed by atoms with Gasteiger partial charge in [-0.3, -0.25) is 0 Å². The second kappa shape index (κ2) is 4.42. The van der Waals surface area contributed by atoms with E-state index in [2.05, 4.69) is 0 Å². The number of rotatable bonds is 2. The van der Waals surface area contributed by atoms with E-state index in [1.807, 2.05) is 0 Å². The van der Waals surface area contributed by atoms with Gasteiger partial charge in [-0.15, -0.1) is 0 Å². The fourth-order valence-electron chi connectivity index (χ4n) is 2.56. The predicted octanol–water partition coefficient (Wildman–Crippen LogP) is 3.97. The molecule has 0 spiro atoms. The van der Waals surface area contributed by atoms with Crippen molar-refractivity contribution in [1.82, 2.24) is 0 Å². The fraction of sp³-hybridized carbons (Fsp3) is 0.250. The van der Waals surface area contributed by atoms with Crippen LogP contribution in [0.4, 0.5) is 8.78 Å². The molecule has 1 aliphatic rings. The molecule has 0 atom stereocenters. The molecule has 0 aliphatic heterocycles. The highest BCUT2D eigenvalue weighted by atomic mass is 19.1. The molecule has 1 fully saturated rings. The lowest BCUT2D eigenvalue weighted by molar-refractivity contribution is 0.245. The Labute approximate surface area is 111 Å². The Morgan fingerprint density at radius 2 is 1.53 bits per heavy atom. The van der Waals surface area contributed by atoms with Gasteiger partial charge in [-0.1, -0.05) is 18.2 Å². The molecule has 0 radical (unpaired) electrons. The number of hydrogen-bond donors (Lipinski definition) is 1. The highest BCUT2D eigenvalue weighted by Crippen LogP contribution is 2.41. The van der Waals surface area contributed by atoms with Gasteiger partial charge in [0.15, 0.2) is 0 Å². The average molecular weight is 259 g/mol. The summed E-state index contributed by atoms with van der Waals surface area (Å²) in [6.07, 6.45) is 2.67. The molecule has 0 heterocycles. The van der Waals surface area contributed by atoms with Gasteiger partial charge in [0.25, 0.3) is 0 Å². The van der Waals surface area contributed by atoms with Gasteiger partial charge in [0.2, 0.25) is 0 Å². The van der Waals surface area contributed by atoms with Gasteiger partial charge in [0.1, 0.15) is 11.6 Å². The molecule has 1 nitrogen and oxygen atoms in total. The van der Waals surface area contributed by atoms with Crippen LogP contribution in [-0.4, -0.2) is 0 Å². The Morgan fingerprint density at radius 3 is 2.11 bits per heavy atom. The molecule has 2 aromatic carbocycles. The highest BCUT2D eigenvalue weighted by Gasteiger charge is 2.36. The SMILES string of the molecule is NC1(c2cc(-c3ccc(F)cc3)ccc2F)CCC1. The van der Waals surface area contributed by atoms with Crippen LogP contribution in [-0.2, 0) is 5.54 Å². The van der Waals surface area contributed by atoms with Crippen LogP contribution in [0.3, 0.4) is 0 Å². The number of nitrogens with two attached hydrogens (primary N) is 1. The van der Waals surface area contributed by atoms with E-state index in [-0.39, 0.29) is 11.6 Å². The van der Waals surface area contributed by atoms with Gasteiger partial charge >= 0.3 is 0 Å². The average Bonchev–Trinajstić information content (AvgIpc) is 2.38. The van der Waals surface area contributed by atoms with Crippen LogP contribution in [0.25, 0.3) is 11.1 Å². The van der Waals surface area contributed by atoms with Crippen molar-refractivity contribution in [2.75, 3.05) is 0 Å². The van der Waals surface area contributed by atoms with Gasteiger partial charge in [0, 0.05) is 11.1 Å². The molecule has 0 saturated heterocycles. The van der Waals surface area contributed by atoms with Crippen molar-refractivity contribution >= 4 is 0 Å². The molecule has 0 unspecified atom stereocenters. The Hall–Kier alpha value is -1.74. The second-order valence-electron chi connectivity index (χ2n) is 5.21. The van der Waals surface area contributed by atoms with Crippen molar-refractivity contribution in [2.45, 2.75) is 24.8 Å². The summed E-state index contributed by atoms with van der Waals surface area (Å²) in [4.78, 5) is 0. The van der Waals surface area contributed by atoms with Crippen molar-refractivity contribution in [1.29, 1.82) is 0 Å². The van der Waals surface area contributed by atoms with Crippen LogP contribution < -0.4 is 5.73 Å². The van der Waals surface area contributed by atoms with Crippen molar-refractivity contribution < 1.29 is 8.78 Å². The van der Waals surface area contributed by atoms with E-state index >= 15 is 0 Å². The molecule has 3 rings (SSSR count). The van der Waals surface area contributed by atoms with Crippen LogP contribution in [0.15, 0.2) is 42.5 Å². The summed E-state index contributed by atoms with van der Waals surface area (Å²) in [5, 5.41) is 0. The smallest absolute Gasteiger partial charge is 0.128 e. The van der Waals surface area contributed by atoms with E-state index in [1.54, 1.807) is 24.3 Å². The predicted molar refractivity (Wildman–Crippen MR) is 71.5 cm³/mol. The van der Waals surface area contributed by atoms with Crippen LogP contribution >= 0.6 is 0 Å². The number of benzene rings is 2. The van der Waals surface area contributed by atoms with Gasteiger partial charge in [0.05, 0.1) is 0 Å². The van der Waals surface area contributed by atoms with Crippen LogP contribution in [0.2, 0.25) is 0 Å². The minimum atomic E-state index is -0.528. The summed E-state index contributed by atoms with van der Waals surface area (Å²) in [6.45, 7) is 0. The third-order valence-corrected chi connectivity index (χ3v) is 3.93. The number of halogens is 2. The van der Waals surface area contributed by atoms with E-state index in [1.165, 1.54) is 18.2 Å². The molecule has 2 aromatic rings. The third kappa shape index (κ3) is 2.15. The van der Waals surface area contributed by atoms with Gasteiger partial charge < -0.3 is 5.73 Å². The highest BCUT2D eigenvalue weighted by molar-refractivity contribution is 5.64. The standard InChI is InChI=1S/C16H15F2N/c17-13-5-2-11(3-6-13)12-4-7-15(18)14(10-12)16(19)8-1-9-16/h2-7,10H,1,8-9,19H2. The van der Waals surface area contributed by atoms with Crippen molar-refractivity contribution in [2.24, 2.45) is 5.73 Å². The lowest BCUT2D eigenvalue weighted by Gasteiger charge is -2.39. The first-order valence-electron chi connectivity index (χ1n) is 6.43. The van der Waals surface area contributed by atoms with Crippen molar-refractivity contribution in [3.05, 3.63) is 59.7 Å². The summed E-state index contributed by atoms with van der Waals surface area (Å²) in [6, 6.07) is 11.1. The molecule has 98 valence electrons. The molecule has 0 aromatic heterocycles. The van der Waals surface area contributed by atoms with Crippen molar-refractivity contribution in [3.63, 3.8) is 0 Å². The van der Waals surface area contributed by atoms with Crippen molar-refractivity contribution in [3.8, 4) is 11.1 Å². The molecule has 0 bridgehead atoms. The van der Waals surface area contributed by atoms with Gasteiger partial charge in [-0.05, 0) is 54.7 Å². The molecule has 0 amide bonds. The Morgan fingerprint density at radius 1 is 0.895 bits per heavy atom. The van der Waals surface area contributed by atoms with E-state index < -0.39 is 5.54 Å². The lowest BCUT2D eigenvalue weighted by Crippen LogP contribution is -2.44. The summed E-state index contributed by atoms with van der Waals surface area (Å²) in [7, 11) is 0. The normalized spacial score (nSPS) is 17.0. The molecule has 3 heteroatoms. The molecule has 2 N–H and O–H groups in total. The summed E-state index contributed by atoms with van der Waals surface area (Å²) in [5.74, 6) is -0.534. The summed E-state index contributed by atoms with van der Waals surface area (Å²) >= 11 is 0. The fourth-order valence-corrected chi connectivity index (χ4v) is 2.56. The summed E-state index contributed by atoms with van der Waals surface area (Å²) in [5.41, 5.74) is 7.97. The minimum Gasteiger partial charge on any atom is -0.321 e. The second-order valence-corrected chi connectivity index (χ2v) is 5.21. The lowest BCUT2D eigenvalue weighted by atomic mass is 9.72.